The number of benzene rings is 1. The number of methoxy groups -OCH3 is 1. The summed E-state index contributed by atoms with van der Waals surface area (Å²) in [7, 11) is 1.72. The monoisotopic (exact) mass is 219 g/mol. The van der Waals surface area contributed by atoms with Crippen LogP contribution in [0.5, 0.6) is 0 Å². The molecule has 0 aliphatic carbocycles. The standard InChI is InChI=1S/C14H21NO/c1-4-5-7-12(2)15-14-9-6-8-13(10-14)11-16-3/h4,6,8-10,12,15H,1,5,7,11H2,2-3H3. The van der Waals surface area contributed by atoms with E-state index in [1.165, 1.54) is 5.56 Å². The molecule has 0 bridgehead atoms. The molecule has 2 nitrogen and oxygen atoms in total. The van der Waals surface area contributed by atoms with Gasteiger partial charge in [-0.05, 0) is 37.5 Å². The Bertz CT molecular complexity index is 322. The van der Waals surface area contributed by atoms with Crippen LogP contribution in [0.2, 0.25) is 0 Å². The first kappa shape index (κ1) is 12.8. The molecule has 1 aromatic carbocycles. The molecule has 1 rings (SSSR count). The van der Waals surface area contributed by atoms with Gasteiger partial charge in [0.15, 0.2) is 0 Å². The minimum absolute atomic E-state index is 0.468. The number of anilines is 1. The number of ether oxygens (including phenoxy) is 1. The highest BCUT2D eigenvalue weighted by Gasteiger charge is 2.01. The molecule has 1 unspecified atom stereocenters. The zero-order chi connectivity index (χ0) is 11.8. The second-order valence-electron chi connectivity index (χ2n) is 4.04. The summed E-state index contributed by atoms with van der Waals surface area (Å²) < 4.78 is 5.11. The third kappa shape index (κ3) is 4.49. The molecule has 0 saturated carbocycles. The molecular formula is C14H21NO. The van der Waals surface area contributed by atoms with Crippen molar-refractivity contribution in [1.82, 2.24) is 0 Å². The minimum Gasteiger partial charge on any atom is -0.383 e. The van der Waals surface area contributed by atoms with E-state index in [2.05, 4.69) is 43.1 Å². The molecule has 0 saturated heterocycles. The summed E-state index contributed by atoms with van der Waals surface area (Å²) in [4.78, 5) is 0. The lowest BCUT2D eigenvalue weighted by atomic mass is 10.1. The summed E-state index contributed by atoms with van der Waals surface area (Å²) >= 11 is 0. The van der Waals surface area contributed by atoms with Crippen molar-refractivity contribution in [2.75, 3.05) is 12.4 Å². The van der Waals surface area contributed by atoms with Gasteiger partial charge in [-0.25, -0.2) is 0 Å². The van der Waals surface area contributed by atoms with Crippen LogP contribution >= 0.6 is 0 Å². The Morgan fingerprint density at radius 3 is 3.00 bits per heavy atom. The van der Waals surface area contributed by atoms with Crippen molar-refractivity contribution in [1.29, 1.82) is 0 Å². The second kappa shape index (κ2) is 7.07. The van der Waals surface area contributed by atoms with Crippen molar-refractivity contribution in [3.63, 3.8) is 0 Å². The molecule has 0 amide bonds. The van der Waals surface area contributed by atoms with Crippen molar-refractivity contribution < 1.29 is 4.74 Å². The van der Waals surface area contributed by atoms with Crippen LogP contribution < -0.4 is 5.32 Å². The Kier molecular flexibility index (Phi) is 5.65. The summed E-state index contributed by atoms with van der Waals surface area (Å²) in [5.74, 6) is 0. The van der Waals surface area contributed by atoms with Gasteiger partial charge in [0.05, 0.1) is 6.61 Å². The first-order chi connectivity index (χ1) is 7.76. The quantitative estimate of drug-likeness (QED) is 0.707. The van der Waals surface area contributed by atoms with Gasteiger partial charge in [0.25, 0.3) is 0 Å². The average Bonchev–Trinajstić information content (AvgIpc) is 2.27. The molecule has 1 aromatic rings. The highest BCUT2D eigenvalue weighted by atomic mass is 16.5. The fourth-order valence-corrected chi connectivity index (χ4v) is 1.64. The van der Waals surface area contributed by atoms with Crippen LogP contribution in [-0.2, 0) is 11.3 Å². The Labute approximate surface area is 98.3 Å². The summed E-state index contributed by atoms with van der Waals surface area (Å²) in [6.45, 7) is 6.58. The van der Waals surface area contributed by atoms with Gasteiger partial charge in [0, 0.05) is 18.8 Å². The Balaban J connectivity index is 2.52. The third-order valence-electron chi connectivity index (χ3n) is 2.45. The molecule has 0 radical (unpaired) electrons. The molecule has 0 heterocycles. The van der Waals surface area contributed by atoms with Gasteiger partial charge in [-0.15, -0.1) is 6.58 Å². The van der Waals surface area contributed by atoms with Crippen LogP contribution in [0.1, 0.15) is 25.3 Å². The van der Waals surface area contributed by atoms with Crippen molar-refractivity contribution >= 4 is 5.69 Å². The molecule has 0 spiro atoms. The van der Waals surface area contributed by atoms with E-state index in [0.29, 0.717) is 12.6 Å². The van der Waals surface area contributed by atoms with E-state index in [9.17, 15) is 0 Å². The Morgan fingerprint density at radius 1 is 1.50 bits per heavy atom. The third-order valence-corrected chi connectivity index (χ3v) is 2.45. The van der Waals surface area contributed by atoms with Crippen molar-refractivity contribution in [3.05, 3.63) is 42.5 Å². The van der Waals surface area contributed by atoms with Gasteiger partial charge in [-0.1, -0.05) is 18.2 Å². The van der Waals surface area contributed by atoms with Gasteiger partial charge in [-0.2, -0.15) is 0 Å². The summed E-state index contributed by atoms with van der Waals surface area (Å²) in [5, 5.41) is 3.47. The molecular weight excluding hydrogens is 198 g/mol. The van der Waals surface area contributed by atoms with Crippen LogP contribution in [-0.4, -0.2) is 13.2 Å². The molecule has 88 valence electrons. The van der Waals surface area contributed by atoms with Gasteiger partial charge >= 0.3 is 0 Å². The number of hydrogen-bond acceptors (Lipinski definition) is 2. The lowest BCUT2D eigenvalue weighted by Gasteiger charge is -2.15. The number of allylic oxidation sites excluding steroid dienone is 1. The largest absolute Gasteiger partial charge is 0.383 e. The number of hydrogen-bond donors (Lipinski definition) is 1. The fourth-order valence-electron chi connectivity index (χ4n) is 1.64. The van der Waals surface area contributed by atoms with Crippen LogP contribution in [0.25, 0.3) is 0 Å². The van der Waals surface area contributed by atoms with E-state index in [1.807, 2.05) is 6.08 Å². The SMILES string of the molecule is C=CCCC(C)Nc1cccc(COC)c1. The topological polar surface area (TPSA) is 21.3 Å². The summed E-state index contributed by atoms with van der Waals surface area (Å²) in [6.07, 6.45) is 4.11. The Morgan fingerprint density at radius 2 is 2.31 bits per heavy atom. The van der Waals surface area contributed by atoms with Gasteiger partial charge in [-0.3, -0.25) is 0 Å². The predicted octanol–water partition coefficient (Wildman–Crippen LogP) is 3.60. The summed E-state index contributed by atoms with van der Waals surface area (Å²) in [6, 6.07) is 8.81. The number of nitrogens with one attached hydrogen (secondary N) is 1. The van der Waals surface area contributed by atoms with Crippen LogP contribution in [0.3, 0.4) is 0 Å². The van der Waals surface area contributed by atoms with Crippen LogP contribution in [0.15, 0.2) is 36.9 Å². The molecule has 1 atom stereocenters. The maximum atomic E-state index is 5.11. The molecule has 0 fully saturated rings. The van der Waals surface area contributed by atoms with E-state index in [0.717, 1.165) is 18.5 Å². The Hall–Kier alpha value is -1.28. The highest BCUT2D eigenvalue weighted by molar-refractivity contribution is 5.46. The van der Waals surface area contributed by atoms with Crippen LogP contribution in [0, 0.1) is 0 Å². The lowest BCUT2D eigenvalue weighted by molar-refractivity contribution is 0.185. The van der Waals surface area contributed by atoms with Gasteiger partial charge in [0.1, 0.15) is 0 Å². The zero-order valence-corrected chi connectivity index (χ0v) is 10.2. The highest BCUT2D eigenvalue weighted by Crippen LogP contribution is 2.14. The molecule has 0 aliphatic heterocycles. The minimum atomic E-state index is 0.468. The van der Waals surface area contributed by atoms with E-state index in [1.54, 1.807) is 7.11 Å². The van der Waals surface area contributed by atoms with Crippen molar-refractivity contribution in [2.45, 2.75) is 32.4 Å². The van der Waals surface area contributed by atoms with Crippen LogP contribution in [0.4, 0.5) is 5.69 Å². The summed E-state index contributed by atoms with van der Waals surface area (Å²) in [5.41, 5.74) is 2.36. The smallest absolute Gasteiger partial charge is 0.0713 e. The molecule has 0 aliphatic rings. The van der Waals surface area contributed by atoms with E-state index >= 15 is 0 Å². The average molecular weight is 219 g/mol. The maximum Gasteiger partial charge on any atom is 0.0713 e. The normalized spacial score (nSPS) is 12.1. The second-order valence-corrected chi connectivity index (χ2v) is 4.04. The lowest BCUT2D eigenvalue weighted by Crippen LogP contribution is -2.14. The van der Waals surface area contributed by atoms with E-state index in [4.69, 9.17) is 4.74 Å². The molecule has 16 heavy (non-hydrogen) atoms. The van der Waals surface area contributed by atoms with Crippen molar-refractivity contribution in [3.8, 4) is 0 Å². The van der Waals surface area contributed by atoms with E-state index in [-0.39, 0.29) is 0 Å². The van der Waals surface area contributed by atoms with Crippen molar-refractivity contribution in [2.24, 2.45) is 0 Å². The van der Waals surface area contributed by atoms with Gasteiger partial charge in [0.2, 0.25) is 0 Å². The fraction of sp³-hybridized carbons (Fsp3) is 0.429. The first-order valence-corrected chi connectivity index (χ1v) is 5.71. The van der Waals surface area contributed by atoms with Gasteiger partial charge < -0.3 is 10.1 Å². The molecule has 0 aromatic heterocycles. The first-order valence-electron chi connectivity index (χ1n) is 5.71. The zero-order valence-electron chi connectivity index (χ0n) is 10.2. The molecule has 1 N–H and O–H groups in total. The molecule has 2 heteroatoms. The number of rotatable bonds is 7. The maximum absolute atomic E-state index is 5.11. The predicted molar refractivity (Wildman–Crippen MR) is 69.7 cm³/mol. The van der Waals surface area contributed by atoms with E-state index < -0.39 is 0 Å².